The van der Waals surface area contributed by atoms with Gasteiger partial charge in [0.2, 0.25) is 0 Å². The first-order valence-electron chi connectivity index (χ1n) is 9.19. The van der Waals surface area contributed by atoms with Gasteiger partial charge in [0, 0.05) is 42.5 Å². The second-order valence-corrected chi connectivity index (χ2v) is 7.16. The van der Waals surface area contributed by atoms with Crippen molar-refractivity contribution >= 4 is 34.6 Å². The van der Waals surface area contributed by atoms with E-state index in [-0.39, 0.29) is 10.8 Å². The van der Waals surface area contributed by atoms with Crippen molar-refractivity contribution in [3.05, 3.63) is 69.3 Å². The number of hydrogen-bond acceptors (Lipinski definition) is 6. The molecule has 0 saturated carbocycles. The van der Waals surface area contributed by atoms with Crippen LogP contribution in [0.4, 0.5) is 11.4 Å². The number of nitro benzene ring substituents is 1. The molecule has 1 aliphatic heterocycles. The van der Waals surface area contributed by atoms with Crippen LogP contribution in [-0.4, -0.2) is 47.1 Å². The van der Waals surface area contributed by atoms with Crippen LogP contribution in [0, 0.1) is 17.0 Å². The summed E-state index contributed by atoms with van der Waals surface area (Å²) in [7, 11) is 0. The third-order valence-electron chi connectivity index (χ3n) is 4.60. The average molecular weight is 414 g/mol. The number of aryl methyl sites for hydroxylation is 1. The molecular formula is C20H22N4O4S. The summed E-state index contributed by atoms with van der Waals surface area (Å²) in [5.41, 5.74) is 2.64. The highest BCUT2D eigenvalue weighted by Gasteiger charge is 2.15. The third-order valence-corrected chi connectivity index (χ3v) is 4.81. The number of nitrogens with zero attached hydrogens (tertiary/aromatic N) is 2. The van der Waals surface area contributed by atoms with Crippen molar-refractivity contribution in [1.29, 1.82) is 0 Å². The Labute approximate surface area is 174 Å². The van der Waals surface area contributed by atoms with Gasteiger partial charge in [-0.1, -0.05) is 12.1 Å². The molecule has 1 amide bonds. The van der Waals surface area contributed by atoms with E-state index >= 15 is 0 Å². The largest absolute Gasteiger partial charge is 0.379 e. The first-order chi connectivity index (χ1) is 13.9. The highest BCUT2D eigenvalue weighted by molar-refractivity contribution is 7.80. The van der Waals surface area contributed by atoms with E-state index in [0.29, 0.717) is 11.1 Å². The summed E-state index contributed by atoms with van der Waals surface area (Å²) in [5.74, 6) is -0.426. The number of benzene rings is 2. The fourth-order valence-corrected chi connectivity index (χ4v) is 3.26. The number of thiocarbonyl (C=S) groups is 1. The minimum absolute atomic E-state index is 0.0283. The molecule has 0 spiro atoms. The number of anilines is 1. The van der Waals surface area contributed by atoms with Gasteiger partial charge in [-0.25, -0.2) is 0 Å². The van der Waals surface area contributed by atoms with Crippen molar-refractivity contribution in [2.75, 3.05) is 31.6 Å². The normalized spacial score (nSPS) is 14.2. The molecule has 2 aromatic carbocycles. The van der Waals surface area contributed by atoms with Crippen LogP contribution in [0.3, 0.4) is 0 Å². The smallest absolute Gasteiger partial charge is 0.272 e. The van der Waals surface area contributed by atoms with E-state index in [0.717, 1.165) is 38.5 Å². The number of rotatable bonds is 5. The zero-order chi connectivity index (χ0) is 20.8. The second-order valence-electron chi connectivity index (χ2n) is 6.75. The van der Waals surface area contributed by atoms with Gasteiger partial charge in [-0.2, -0.15) is 0 Å². The van der Waals surface area contributed by atoms with Crippen LogP contribution in [0.5, 0.6) is 0 Å². The number of morpholine rings is 1. The van der Waals surface area contributed by atoms with Gasteiger partial charge in [-0.15, -0.1) is 0 Å². The van der Waals surface area contributed by atoms with Crippen LogP contribution in [0.15, 0.2) is 42.5 Å². The van der Waals surface area contributed by atoms with Gasteiger partial charge in [0.15, 0.2) is 5.11 Å². The molecule has 152 valence electrons. The van der Waals surface area contributed by atoms with Crippen molar-refractivity contribution < 1.29 is 14.5 Å². The predicted molar refractivity (Wildman–Crippen MR) is 114 cm³/mol. The summed E-state index contributed by atoms with van der Waals surface area (Å²) in [6.45, 7) is 5.84. The molecule has 0 unspecified atom stereocenters. The Morgan fingerprint density at radius 1 is 1.21 bits per heavy atom. The molecule has 0 aliphatic carbocycles. The van der Waals surface area contributed by atoms with Crippen LogP contribution in [0.1, 0.15) is 21.5 Å². The molecule has 1 aliphatic rings. The first kappa shape index (κ1) is 20.8. The Morgan fingerprint density at radius 2 is 1.90 bits per heavy atom. The molecule has 0 aromatic heterocycles. The summed E-state index contributed by atoms with van der Waals surface area (Å²) in [6.07, 6.45) is 0. The molecule has 0 atom stereocenters. The zero-order valence-electron chi connectivity index (χ0n) is 16.0. The molecule has 3 rings (SSSR count). The van der Waals surface area contributed by atoms with Gasteiger partial charge in [-0.05, 0) is 49.0 Å². The number of amides is 1. The molecule has 0 radical (unpaired) electrons. The lowest BCUT2D eigenvalue weighted by Gasteiger charge is -2.26. The van der Waals surface area contributed by atoms with E-state index in [1.807, 2.05) is 24.3 Å². The molecule has 2 aromatic rings. The number of nitro groups is 1. The Bertz CT molecular complexity index is 911. The van der Waals surface area contributed by atoms with Crippen molar-refractivity contribution in [3.63, 3.8) is 0 Å². The predicted octanol–water partition coefficient (Wildman–Crippen LogP) is 2.86. The lowest BCUT2D eigenvalue weighted by atomic mass is 10.1. The standard InChI is InChI=1S/C20H22N4O4S/c1-14-12-16(4-7-18(14)24(26)27)19(25)22-20(29)21-17-5-2-15(3-6-17)13-23-8-10-28-11-9-23/h2-7,12H,8-11,13H2,1H3,(H2,21,22,25,29). The van der Waals surface area contributed by atoms with Crippen molar-refractivity contribution in [2.45, 2.75) is 13.5 Å². The number of ether oxygens (including phenoxy) is 1. The number of hydrogen-bond donors (Lipinski definition) is 2. The van der Waals surface area contributed by atoms with Crippen LogP contribution >= 0.6 is 12.2 Å². The summed E-state index contributed by atoms with van der Waals surface area (Å²) in [4.78, 5) is 25.1. The molecular weight excluding hydrogens is 392 g/mol. The number of carbonyl (C=O) groups excluding carboxylic acids is 1. The summed E-state index contributed by atoms with van der Waals surface area (Å²) >= 11 is 5.20. The van der Waals surface area contributed by atoms with E-state index < -0.39 is 10.8 Å². The van der Waals surface area contributed by atoms with E-state index in [9.17, 15) is 14.9 Å². The monoisotopic (exact) mass is 414 g/mol. The van der Waals surface area contributed by atoms with Gasteiger partial charge in [0.25, 0.3) is 11.6 Å². The Hall–Kier alpha value is -2.88. The Morgan fingerprint density at radius 3 is 2.52 bits per heavy atom. The van der Waals surface area contributed by atoms with Crippen molar-refractivity contribution in [1.82, 2.24) is 10.2 Å². The van der Waals surface area contributed by atoms with Gasteiger partial charge >= 0.3 is 0 Å². The quantitative estimate of drug-likeness (QED) is 0.441. The molecule has 1 heterocycles. The lowest BCUT2D eigenvalue weighted by Crippen LogP contribution is -2.35. The van der Waals surface area contributed by atoms with E-state index in [2.05, 4.69) is 15.5 Å². The lowest BCUT2D eigenvalue weighted by molar-refractivity contribution is -0.385. The summed E-state index contributed by atoms with van der Waals surface area (Å²) in [6, 6.07) is 12.0. The molecule has 2 N–H and O–H groups in total. The third kappa shape index (κ3) is 5.80. The minimum atomic E-state index is -0.480. The van der Waals surface area contributed by atoms with Gasteiger partial charge in [-0.3, -0.25) is 25.1 Å². The molecule has 29 heavy (non-hydrogen) atoms. The molecule has 8 nitrogen and oxygen atoms in total. The van der Waals surface area contributed by atoms with Crippen molar-refractivity contribution in [3.8, 4) is 0 Å². The van der Waals surface area contributed by atoms with E-state index in [1.165, 1.54) is 23.8 Å². The molecule has 1 fully saturated rings. The Kier molecular flexibility index (Phi) is 6.86. The van der Waals surface area contributed by atoms with Gasteiger partial charge < -0.3 is 10.1 Å². The SMILES string of the molecule is Cc1cc(C(=O)NC(=S)Nc2ccc(CN3CCOCC3)cc2)ccc1[N+](=O)[O-]. The minimum Gasteiger partial charge on any atom is -0.379 e. The fraction of sp³-hybridized carbons (Fsp3) is 0.300. The maximum atomic E-state index is 12.3. The molecule has 0 bridgehead atoms. The van der Waals surface area contributed by atoms with Crippen LogP contribution in [0.2, 0.25) is 0 Å². The fourth-order valence-electron chi connectivity index (χ4n) is 3.05. The number of nitrogens with one attached hydrogen (secondary N) is 2. The summed E-state index contributed by atoms with van der Waals surface area (Å²) < 4.78 is 5.36. The van der Waals surface area contributed by atoms with Crippen LogP contribution in [-0.2, 0) is 11.3 Å². The van der Waals surface area contributed by atoms with Gasteiger partial charge in [0.1, 0.15) is 0 Å². The van der Waals surface area contributed by atoms with E-state index in [1.54, 1.807) is 6.92 Å². The molecule has 9 heteroatoms. The highest BCUT2D eigenvalue weighted by atomic mass is 32.1. The first-order valence-corrected chi connectivity index (χ1v) is 9.59. The summed E-state index contributed by atoms with van der Waals surface area (Å²) in [5, 5.41) is 16.6. The molecule has 1 saturated heterocycles. The maximum Gasteiger partial charge on any atom is 0.272 e. The Balaban J connectivity index is 1.54. The topological polar surface area (TPSA) is 96.7 Å². The van der Waals surface area contributed by atoms with Crippen LogP contribution in [0.25, 0.3) is 0 Å². The highest BCUT2D eigenvalue weighted by Crippen LogP contribution is 2.19. The zero-order valence-corrected chi connectivity index (χ0v) is 16.8. The second kappa shape index (κ2) is 9.55. The number of carbonyl (C=O) groups is 1. The maximum absolute atomic E-state index is 12.3. The van der Waals surface area contributed by atoms with Crippen LogP contribution < -0.4 is 10.6 Å². The average Bonchev–Trinajstić information content (AvgIpc) is 2.70. The van der Waals surface area contributed by atoms with Gasteiger partial charge in [0.05, 0.1) is 18.1 Å². The van der Waals surface area contributed by atoms with Crippen molar-refractivity contribution in [2.24, 2.45) is 0 Å². The van der Waals surface area contributed by atoms with E-state index in [4.69, 9.17) is 17.0 Å².